The number of aliphatic hydroxyl groups excluding tert-OH is 2. The van der Waals surface area contributed by atoms with Crippen molar-refractivity contribution in [2.24, 2.45) is 0 Å². The number of aryl methyl sites for hydroxylation is 2. The highest BCUT2D eigenvalue weighted by molar-refractivity contribution is 9.10. The maximum Gasteiger partial charge on any atom is 0.0994 e. The fourth-order valence-corrected chi connectivity index (χ4v) is 2.05. The number of rotatable bonds is 2. The summed E-state index contributed by atoms with van der Waals surface area (Å²) in [6, 6.07) is 13.2. The van der Waals surface area contributed by atoms with Gasteiger partial charge in [-0.15, -0.1) is 0 Å². The zero-order valence-corrected chi connectivity index (χ0v) is 13.7. The standard InChI is InChI=1S/C9H9NO.C8H9BrO/c1-7-2-3-8(6-11)4-9(7)5-10;1-6-2-3-7(5-10)4-8(6)9/h2-4,11H,6H2,1H3;2-4,10H,5H2,1H3. The average Bonchev–Trinajstić information content (AvgIpc) is 2.51. The van der Waals surface area contributed by atoms with Crippen LogP contribution in [-0.2, 0) is 13.2 Å². The van der Waals surface area contributed by atoms with Crippen LogP contribution in [0.4, 0.5) is 0 Å². The maximum absolute atomic E-state index is 8.74. The predicted molar refractivity (Wildman–Crippen MR) is 86.6 cm³/mol. The normalized spacial score (nSPS) is 9.52. The molecule has 110 valence electrons. The summed E-state index contributed by atoms with van der Waals surface area (Å²) >= 11 is 3.38. The fraction of sp³-hybridized carbons (Fsp3) is 0.235. The molecule has 0 radical (unpaired) electrons. The molecule has 0 fully saturated rings. The van der Waals surface area contributed by atoms with Gasteiger partial charge in [0, 0.05) is 4.47 Å². The molecule has 2 aromatic rings. The number of hydrogen-bond donors (Lipinski definition) is 2. The summed E-state index contributed by atoms with van der Waals surface area (Å²) in [6.45, 7) is 4.00. The van der Waals surface area contributed by atoms with Gasteiger partial charge >= 0.3 is 0 Å². The van der Waals surface area contributed by atoms with Crippen molar-refractivity contribution in [3.8, 4) is 6.07 Å². The van der Waals surface area contributed by atoms with Crippen molar-refractivity contribution < 1.29 is 10.2 Å². The topological polar surface area (TPSA) is 64.2 Å². The minimum atomic E-state index is -0.00500. The minimum absolute atomic E-state index is 0.00500. The third kappa shape index (κ3) is 5.31. The maximum atomic E-state index is 8.74. The lowest BCUT2D eigenvalue weighted by molar-refractivity contribution is 0.281. The Bertz CT molecular complexity index is 648. The monoisotopic (exact) mass is 347 g/mol. The highest BCUT2D eigenvalue weighted by Crippen LogP contribution is 2.17. The number of nitriles is 1. The second-order valence-electron chi connectivity index (χ2n) is 4.66. The van der Waals surface area contributed by atoms with Crippen LogP contribution in [0.15, 0.2) is 40.9 Å². The van der Waals surface area contributed by atoms with Crippen molar-refractivity contribution in [1.82, 2.24) is 0 Å². The molecular formula is C17H18BrNO2. The van der Waals surface area contributed by atoms with Crippen molar-refractivity contribution in [3.05, 3.63) is 68.7 Å². The lowest BCUT2D eigenvalue weighted by atomic mass is 10.1. The van der Waals surface area contributed by atoms with Gasteiger partial charge in [0.25, 0.3) is 0 Å². The molecule has 0 aliphatic heterocycles. The minimum Gasteiger partial charge on any atom is -0.392 e. The van der Waals surface area contributed by atoms with Gasteiger partial charge in [-0.1, -0.05) is 40.2 Å². The quantitative estimate of drug-likeness (QED) is 0.871. The number of halogens is 1. The van der Waals surface area contributed by atoms with E-state index in [0.29, 0.717) is 5.56 Å². The van der Waals surface area contributed by atoms with Gasteiger partial charge < -0.3 is 10.2 Å². The molecule has 0 saturated carbocycles. The first-order chi connectivity index (χ1) is 10.0. The van der Waals surface area contributed by atoms with Crippen molar-refractivity contribution in [3.63, 3.8) is 0 Å². The first-order valence-corrected chi connectivity index (χ1v) is 7.27. The van der Waals surface area contributed by atoms with Crippen molar-refractivity contribution in [2.45, 2.75) is 27.1 Å². The fourth-order valence-electron chi connectivity index (χ4n) is 1.62. The summed E-state index contributed by atoms with van der Waals surface area (Å²) in [6.07, 6.45) is 0. The van der Waals surface area contributed by atoms with Gasteiger partial charge in [-0.3, -0.25) is 0 Å². The average molecular weight is 348 g/mol. The Labute approximate surface area is 133 Å². The largest absolute Gasteiger partial charge is 0.392 e. The van der Waals surface area contributed by atoms with Gasteiger partial charge in [0.2, 0.25) is 0 Å². The first-order valence-electron chi connectivity index (χ1n) is 6.48. The third-order valence-electron chi connectivity index (χ3n) is 3.02. The summed E-state index contributed by atoms with van der Waals surface area (Å²) in [4.78, 5) is 0. The van der Waals surface area contributed by atoms with Crippen LogP contribution in [0.2, 0.25) is 0 Å². The van der Waals surface area contributed by atoms with E-state index in [1.165, 1.54) is 5.56 Å². The number of aliphatic hydroxyl groups is 2. The zero-order valence-electron chi connectivity index (χ0n) is 12.1. The van der Waals surface area contributed by atoms with Crippen LogP contribution in [0.5, 0.6) is 0 Å². The Balaban J connectivity index is 0.000000211. The van der Waals surface area contributed by atoms with E-state index in [9.17, 15) is 0 Å². The van der Waals surface area contributed by atoms with E-state index in [1.807, 2.05) is 44.2 Å². The van der Waals surface area contributed by atoms with Crippen LogP contribution >= 0.6 is 15.9 Å². The SMILES string of the molecule is Cc1ccc(CO)cc1Br.Cc1ccc(CO)cc1C#N. The molecule has 0 atom stereocenters. The molecule has 3 nitrogen and oxygen atoms in total. The van der Waals surface area contributed by atoms with Crippen LogP contribution in [0.1, 0.15) is 27.8 Å². The van der Waals surface area contributed by atoms with Crippen LogP contribution in [0, 0.1) is 25.2 Å². The molecule has 2 N–H and O–H groups in total. The van der Waals surface area contributed by atoms with E-state index in [-0.39, 0.29) is 13.2 Å². The molecule has 0 aliphatic carbocycles. The molecule has 4 heteroatoms. The van der Waals surface area contributed by atoms with E-state index < -0.39 is 0 Å². The van der Waals surface area contributed by atoms with Crippen molar-refractivity contribution >= 4 is 15.9 Å². The molecule has 0 bridgehead atoms. The molecule has 2 rings (SSSR count). The van der Waals surface area contributed by atoms with Gasteiger partial charge in [0.05, 0.1) is 24.8 Å². The molecule has 0 heterocycles. The van der Waals surface area contributed by atoms with Crippen LogP contribution in [0.25, 0.3) is 0 Å². The lowest BCUT2D eigenvalue weighted by Crippen LogP contribution is -1.87. The number of nitrogens with zero attached hydrogens (tertiary/aromatic N) is 1. The van der Waals surface area contributed by atoms with Gasteiger partial charge in [-0.2, -0.15) is 5.26 Å². The van der Waals surface area contributed by atoms with Crippen molar-refractivity contribution in [2.75, 3.05) is 0 Å². The zero-order chi connectivity index (χ0) is 15.8. The van der Waals surface area contributed by atoms with Gasteiger partial charge in [-0.25, -0.2) is 0 Å². The smallest absolute Gasteiger partial charge is 0.0994 e. The molecule has 0 unspecified atom stereocenters. The molecule has 2 aromatic carbocycles. The number of benzene rings is 2. The summed E-state index contributed by atoms with van der Waals surface area (Å²) < 4.78 is 1.05. The summed E-state index contributed by atoms with van der Waals surface area (Å²) in [5.41, 5.74) is 4.50. The van der Waals surface area contributed by atoms with Crippen LogP contribution in [0.3, 0.4) is 0 Å². The molecule has 21 heavy (non-hydrogen) atoms. The van der Waals surface area contributed by atoms with Crippen LogP contribution < -0.4 is 0 Å². The van der Waals surface area contributed by atoms with E-state index in [0.717, 1.165) is 21.2 Å². The Morgan fingerprint density at radius 1 is 0.952 bits per heavy atom. The third-order valence-corrected chi connectivity index (χ3v) is 3.88. The predicted octanol–water partition coefficient (Wildman–Crippen LogP) is 3.61. The second-order valence-corrected chi connectivity index (χ2v) is 5.52. The Morgan fingerprint density at radius 3 is 1.95 bits per heavy atom. The highest BCUT2D eigenvalue weighted by atomic mass is 79.9. The molecule has 0 aliphatic rings. The summed E-state index contributed by atoms with van der Waals surface area (Å²) in [5.74, 6) is 0. The molecule has 0 saturated heterocycles. The molecule has 0 spiro atoms. The Hall–Kier alpha value is -1.67. The van der Waals surface area contributed by atoms with Crippen molar-refractivity contribution in [1.29, 1.82) is 5.26 Å². The second kappa shape index (κ2) is 8.58. The van der Waals surface area contributed by atoms with Gasteiger partial charge in [0.15, 0.2) is 0 Å². The van der Waals surface area contributed by atoms with Gasteiger partial charge in [-0.05, 0) is 48.2 Å². The number of hydrogen-bond acceptors (Lipinski definition) is 3. The van der Waals surface area contributed by atoms with Crippen LogP contribution in [-0.4, -0.2) is 10.2 Å². The van der Waals surface area contributed by atoms with E-state index >= 15 is 0 Å². The Morgan fingerprint density at radius 2 is 1.48 bits per heavy atom. The lowest BCUT2D eigenvalue weighted by Gasteiger charge is -1.99. The highest BCUT2D eigenvalue weighted by Gasteiger charge is 1.97. The summed E-state index contributed by atoms with van der Waals surface area (Å²) in [7, 11) is 0. The summed E-state index contributed by atoms with van der Waals surface area (Å²) in [5, 5.41) is 26.1. The van der Waals surface area contributed by atoms with E-state index in [1.54, 1.807) is 6.07 Å². The molecule has 0 aromatic heterocycles. The van der Waals surface area contributed by atoms with E-state index in [4.69, 9.17) is 15.5 Å². The van der Waals surface area contributed by atoms with Gasteiger partial charge in [0.1, 0.15) is 0 Å². The van der Waals surface area contributed by atoms with E-state index in [2.05, 4.69) is 22.0 Å². The molecular weight excluding hydrogens is 330 g/mol. The first kappa shape index (κ1) is 17.4. The Kier molecular flexibility index (Phi) is 7.10. The molecule has 0 amide bonds.